The Kier molecular flexibility index (Phi) is 4.73. The van der Waals surface area contributed by atoms with Crippen LogP contribution >= 0.6 is 0 Å². The summed E-state index contributed by atoms with van der Waals surface area (Å²) in [5.74, 6) is -0.919. The van der Waals surface area contributed by atoms with Crippen molar-refractivity contribution in [1.29, 1.82) is 0 Å². The highest BCUT2D eigenvalue weighted by Gasteiger charge is 2.28. The molecule has 0 spiro atoms. The molecule has 2 unspecified atom stereocenters. The largest absolute Gasteiger partial charge is 0.481 e. The molecule has 0 aliphatic carbocycles. The monoisotopic (exact) mass is 228 g/mol. The standard InChI is InChI=1S/C11H20N2O3/c1-2-9(11(12)16)13-5-3-4-8(7-13)6-10(14)15/h8-9H,2-7H2,1H3,(H2,12,16)(H,14,15). The topological polar surface area (TPSA) is 83.6 Å². The van der Waals surface area contributed by atoms with E-state index in [0.717, 1.165) is 19.4 Å². The summed E-state index contributed by atoms with van der Waals surface area (Å²) in [5.41, 5.74) is 5.33. The maximum Gasteiger partial charge on any atom is 0.303 e. The first kappa shape index (κ1) is 13.0. The third kappa shape index (κ3) is 3.48. The lowest BCUT2D eigenvalue weighted by molar-refractivity contribution is -0.138. The molecule has 0 aromatic carbocycles. The van der Waals surface area contributed by atoms with Gasteiger partial charge in [0.05, 0.1) is 6.04 Å². The summed E-state index contributed by atoms with van der Waals surface area (Å²) in [6.45, 7) is 3.45. The maximum atomic E-state index is 11.2. The Morgan fingerprint density at radius 3 is 2.75 bits per heavy atom. The first-order chi connectivity index (χ1) is 7.54. The molecule has 5 heteroatoms. The van der Waals surface area contributed by atoms with Crippen molar-refractivity contribution in [1.82, 2.24) is 4.90 Å². The summed E-state index contributed by atoms with van der Waals surface area (Å²) in [7, 11) is 0. The molecule has 0 aromatic rings. The number of rotatable bonds is 5. The van der Waals surface area contributed by atoms with Crippen LogP contribution in [0.4, 0.5) is 0 Å². The number of piperidine rings is 1. The number of amides is 1. The van der Waals surface area contributed by atoms with Crippen molar-refractivity contribution in [3.05, 3.63) is 0 Å². The van der Waals surface area contributed by atoms with Crippen LogP contribution in [-0.2, 0) is 9.59 Å². The summed E-state index contributed by atoms with van der Waals surface area (Å²) in [6.07, 6.45) is 2.75. The normalized spacial score (nSPS) is 23.9. The van der Waals surface area contributed by atoms with E-state index in [1.807, 2.05) is 11.8 Å². The van der Waals surface area contributed by atoms with Crippen LogP contribution in [0.25, 0.3) is 0 Å². The van der Waals surface area contributed by atoms with Gasteiger partial charge in [-0.25, -0.2) is 0 Å². The van der Waals surface area contributed by atoms with Crippen LogP contribution in [0, 0.1) is 5.92 Å². The Balaban J connectivity index is 2.55. The van der Waals surface area contributed by atoms with Crippen LogP contribution in [0.15, 0.2) is 0 Å². The van der Waals surface area contributed by atoms with Crippen molar-refractivity contribution in [3.8, 4) is 0 Å². The average Bonchev–Trinajstić information content (AvgIpc) is 2.17. The fourth-order valence-corrected chi connectivity index (χ4v) is 2.43. The van der Waals surface area contributed by atoms with E-state index in [1.165, 1.54) is 0 Å². The molecule has 0 saturated carbocycles. The molecule has 5 nitrogen and oxygen atoms in total. The van der Waals surface area contributed by atoms with Gasteiger partial charge in [-0.05, 0) is 31.7 Å². The summed E-state index contributed by atoms with van der Waals surface area (Å²) in [5, 5.41) is 8.75. The van der Waals surface area contributed by atoms with Gasteiger partial charge in [-0.3, -0.25) is 14.5 Å². The average molecular weight is 228 g/mol. The number of primary amides is 1. The van der Waals surface area contributed by atoms with Crippen LogP contribution in [0.1, 0.15) is 32.6 Å². The number of carboxylic acids is 1. The van der Waals surface area contributed by atoms with E-state index in [1.54, 1.807) is 0 Å². The van der Waals surface area contributed by atoms with Gasteiger partial charge in [-0.1, -0.05) is 6.92 Å². The van der Waals surface area contributed by atoms with Crippen LogP contribution in [0.3, 0.4) is 0 Å². The quantitative estimate of drug-likeness (QED) is 0.715. The van der Waals surface area contributed by atoms with Gasteiger partial charge in [0.25, 0.3) is 0 Å². The summed E-state index contributed by atoms with van der Waals surface area (Å²) in [6, 6.07) is -0.239. The number of carbonyl (C=O) groups excluding carboxylic acids is 1. The zero-order valence-corrected chi connectivity index (χ0v) is 9.69. The predicted molar refractivity (Wildman–Crippen MR) is 59.8 cm³/mol. The van der Waals surface area contributed by atoms with E-state index >= 15 is 0 Å². The number of nitrogens with zero attached hydrogens (tertiary/aromatic N) is 1. The minimum Gasteiger partial charge on any atom is -0.481 e. The van der Waals surface area contributed by atoms with E-state index in [2.05, 4.69) is 0 Å². The molecule has 0 radical (unpaired) electrons. The summed E-state index contributed by atoms with van der Waals surface area (Å²) >= 11 is 0. The highest BCUT2D eigenvalue weighted by atomic mass is 16.4. The van der Waals surface area contributed by atoms with E-state index < -0.39 is 5.97 Å². The molecule has 1 aliphatic rings. The van der Waals surface area contributed by atoms with Crippen LogP contribution < -0.4 is 5.73 Å². The van der Waals surface area contributed by atoms with E-state index in [0.29, 0.717) is 13.0 Å². The summed E-state index contributed by atoms with van der Waals surface area (Å²) < 4.78 is 0. The SMILES string of the molecule is CCC(C(N)=O)N1CCCC(CC(=O)O)C1. The zero-order chi connectivity index (χ0) is 12.1. The minimum atomic E-state index is -0.765. The number of likely N-dealkylation sites (tertiary alicyclic amines) is 1. The molecule has 0 aromatic heterocycles. The second-order valence-corrected chi connectivity index (χ2v) is 4.43. The van der Waals surface area contributed by atoms with Gasteiger partial charge in [0.1, 0.15) is 0 Å². The highest BCUT2D eigenvalue weighted by Crippen LogP contribution is 2.22. The van der Waals surface area contributed by atoms with Crippen LogP contribution in [0.5, 0.6) is 0 Å². The molecular weight excluding hydrogens is 208 g/mol. The number of hydrogen-bond acceptors (Lipinski definition) is 3. The molecule has 16 heavy (non-hydrogen) atoms. The summed E-state index contributed by atoms with van der Waals surface area (Å²) in [4.78, 5) is 23.9. The molecule has 1 fully saturated rings. The lowest BCUT2D eigenvalue weighted by atomic mass is 9.93. The lowest BCUT2D eigenvalue weighted by Crippen LogP contribution is -2.49. The Morgan fingerprint density at radius 2 is 2.25 bits per heavy atom. The van der Waals surface area contributed by atoms with E-state index in [4.69, 9.17) is 10.8 Å². The van der Waals surface area contributed by atoms with Crippen LogP contribution in [0.2, 0.25) is 0 Å². The second-order valence-electron chi connectivity index (χ2n) is 4.43. The molecule has 3 N–H and O–H groups in total. The minimum absolute atomic E-state index is 0.152. The number of carboxylic acid groups (broad SMARTS) is 1. The zero-order valence-electron chi connectivity index (χ0n) is 9.69. The third-order valence-corrected chi connectivity index (χ3v) is 3.17. The first-order valence-electron chi connectivity index (χ1n) is 5.79. The van der Waals surface area contributed by atoms with Crippen molar-refractivity contribution in [3.63, 3.8) is 0 Å². The number of nitrogens with two attached hydrogens (primary N) is 1. The molecule has 1 aliphatic heterocycles. The lowest BCUT2D eigenvalue weighted by Gasteiger charge is -2.36. The Morgan fingerprint density at radius 1 is 1.56 bits per heavy atom. The van der Waals surface area contributed by atoms with E-state index in [9.17, 15) is 9.59 Å². The van der Waals surface area contributed by atoms with Gasteiger partial charge < -0.3 is 10.8 Å². The molecule has 1 saturated heterocycles. The van der Waals surface area contributed by atoms with E-state index in [-0.39, 0.29) is 24.3 Å². The van der Waals surface area contributed by atoms with Gasteiger partial charge in [0.15, 0.2) is 0 Å². The van der Waals surface area contributed by atoms with Crippen molar-refractivity contribution >= 4 is 11.9 Å². The number of hydrogen-bond donors (Lipinski definition) is 2. The maximum absolute atomic E-state index is 11.2. The Hall–Kier alpha value is -1.10. The first-order valence-corrected chi connectivity index (χ1v) is 5.79. The molecule has 2 atom stereocenters. The highest BCUT2D eigenvalue weighted by molar-refractivity contribution is 5.79. The molecular formula is C11H20N2O3. The second kappa shape index (κ2) is 5.84. The molecule has 1 amide bonds. The Bertz CT molecular complexity index is 268. The smallest absolute Gasteiger partial charge is 0.303 e. The van der Waals surface area contributed by atoms with Crippen molar-refractivity contribution in [2.24, 2.45) is 11.7 Å². The predicted octanol–water partition coefficient (Wildman–Crippen LogP) is 0.437. The molecule has 1 rings (SSSR count). The van der Waals surface area contributed by atoms with Gasteiger partial charge in [-0.2, -0.15) is 0 Å². The van der Waals surface area contributed by atoms with Gasteiger partial charge >= 0.3 is 5.97 Å². The molecule has 92 valence electrons. The van der Waals surface area contributed by atoms with Gasteiger partial charge in [-0.15, -0.1) is 0 Å². The molecule has 0 bridgehead atoms. The number of carbonyl (C=O) groups is 2. The van der Waals surface area contributed by atoms with Crippen molar-refractivity contribution in [2.45, 2.75) is 38.6 Å². The Labute approximate surface area is 95.6 Å². The van der Waals surface area contributed by atoms with Gasteiger partial charge in [0, 0.05) is 13.0 Å². The fourth-order valence-electron chi connectivity index (χ4n) is 2.43. The third-order valence-electron chi connectivity index (χ3n) is 3.17. The van der Waals surface area contributed by atoms with Crippen LogP contribution in [-0.4, -0.2) is 41.0 Å². The van der Waals surface area contributed by atoms with Crippen molar-refractivity contribution < 1.29 is 14.7 Å². The van der Waals surface area contributed by atoms with Gasteiger partial charge in [0.2, 0.25) is 5.91 Å². The molecule has 1 heterocycles. The fraction of sp³-hybridized carbons (Fsp3) is 0.818. The number of aliphatic carboxylic acids is 1. The van der Waals surface area contributed by atoms with Crippen molar-refractivity contribution in [2.75, 3.05) is 13.1 Å².